The molecule has 0 aliphatic carbocycles. The van der Waals surface area contributed by atoms with Gasteiger partial charge in [0.05, 0.1) is 0 Å². The number of carboxylic acids is 1. The van der Waals surface area contributed by atoms with Gasteiger partial charge in [0.1, 0.15) is 0 Å². The average molecular weight is 451 g/mol. The van der Waals surface area contributed by atoms with E-state index in [4.69, 9.17) is 15.0 Å². The first-order valence-corrected chi connectivity index (χ1v) is 6.95. The fourth-order valence-electron chi connectivity index (χ4n) is 1.60. The molecular weight excluding hydrogens is 421 g/mol. The summed E-state index contributed by atoms with van der Waals surface area (Å²) in [6.45, 7) is 3.71. The molecule has 0 unspecified atom stereocenters. The summed E-state index contributed by atoms with van der Waals surface area (Å²) >= 11 is 0. The molecule has 0 saturated carbocycles. The number of aliphatic carboxylic acids is 1. The third-order valence-corrected chi connectivity index (χ3v) is 2.51. The summed E-state index contributed by atoms with van der Waals surface area (Å²) < 4.78 is 0. The van der Waals surface area contributed by atoms with Gasteiger partial charge in [-0.2, -0.15) is 0 Å². The smallest absolute Gasteiger partial charge is 0.300 e. The van der Waals surface area contributed by atoms with Crippen LogP contribution >= 0.6 is 0 Å². The van der Waals surface area contributed by atoms with Crippen molar-refractivity contribution in [2.75, 3.05) is 6.61 Å². The minimum absolute atomic E-state index is 0. The van der Waals surface area contributed by atoms with Gasteiger partial charge in [-0.25, -0.2) is 0 Å². The maximum absolute atomic E-state index is 9.00. The quantitative estimate of drug-likeness (QED) is 0.395. The molecule has 0 amide bonds. The molecule has 4 heteroatoms. The monoisotopic (exact) mass is 451 g/mol. The van der Waals surface area contributed by atoms with Gasteiger partial charge in [0.2, 0.25) is 0 Å². The Morgan fingerprint density at radius 3 is 1.39 bits per heavy atom. The molecule has 3 nitrogen and oxygen atoms in total. The van der Waals surface area contributed by atoms with Crippen molar-refractivity contribution < 1.29 is 15.0 Å². The van der Waals surface area contributed by atoms with Crippen LogP contribution in [0.3, 0.4) is 0 Å². The van der Waals surface area contributed by atoms with Crippen molar-refractivity contribution in [3.05, 3.63) is 0 Å². The van der Waals surface area contributed by atoms with Gasteiger partial charge >= 0.3 is 0 Å². The van der Waals surface area contributed by atoms with Gasteiger partial charge in [0.25, 0.3) is 5.97 Å². The van der Waals surface area contributed by atoms with E-state index in [-0.39, 0.29) is 27.3 Å². The molecule has 0 atom stereocenters. The van der Waals surface area contributed by atoms with Crippen molar-refractivity contribution in [3.63, 3.8) is 0 Å². The maximum Gasteiger partial charge on any atom is 0.300 e. The van der Waals surface area contributed by atoms with Gasteiger partial charge < -0.3 is 10.2 Å². The van der Waals surface area contributed by atoms with Crippen LogP contribution in [0.15, 0.2) is 0 Å². The summed E-state index contributed by atoms with van der Waals surface area (Å²) in [4.78, 5) is 9.00. The van der Waals surface area contributed by atoms with Crippen molar-refractivity contribution in [3.8, 4) is 0 Å². The van der Waals surface area contributed by atoms with E-state index in [0.717, 1.165) is 13.3 Å². The zero-order chi connectivity index (χ0) is 13.4. The molecule has 0 aromatic heterocycles. The summed E-state index contributed by atoms with van der Waals surface area (Å²) in [6.07, 6.45) is 13.3. The number of hydrogen-bond donors (Lipinski definition) is 2. The molecule has 0 aliphatic heterocycles. The Kier molecular flexibility index (Phi) is 29.3. The Hall–Kier alpha value is 0.352. The second-order valence-electron chi connectivity index (χ2n) is 4.42. The van der Waals surface area contributed by atoms with Crippen molar-refractivity contribution in [2.45, 2.75) is 78.1 Å². The zero-order valence-corrected chi connectivity index (χ0v) is 16.6. The first-order valence-electron chi connectivity index (χ1n) is 6.95. The summed E-state index contributed by atoms with van der Waals surface area (Å²) in [5.74, 6) is -0.833. The van der Waals surface area contributed by atoms with Crippen LogP contribution in [0.25, 0.3) is 0 Å². The number of carboxylic acid groups (broad SMARTS) is 1. The number of aliphatic hydroxyl groups excluding tert-OH is 1. The van der Waals surface area contributed by atoms with Crippen molar-refractivity contribution in [1.29, 1.82) is 0 Å². The van der Waals surface area contributed by atoms with Crippen molar-refractivity contribution in [1.82, 2.24) is 0 Å². The van der Waals surface area contributed by atoms with Crippen LogP contribution in [0.5, 0.6) is 0 Å². The van der Waals surface area contributed by atoms with E-state index in [1.807, 2.05) is 0 Å². The molecule has 0 fully saturated rings. The zero-order valence-electron chi connectivity index (χ0n) is 12.2. The van der Waals surface area contributed by atoms with Crippen LogP contribution in [0.4, 0.5) is 0 Å². The van der Waals surface area contributed by atoms with Gasteiger partial charge in [-0.1, -0.05) is 64.7 Å². The SMILES string of the molecule is CC(=O)O.CCCCCCCCCCCCO.[Tl]. The largest absolute Gasteiger partial charge is 0.481 e. The fraction of sp³-hybridized carbons (Fsp3) is 0.929. The predicted molar refractivity (Wildman–Crippen MR) is 78.0 cm³/mol. The van der Waals surface area contributed by atoms with Crippen LogP contribution < -0.4 is 0 Å². The van der Waals surface area contributed by atoms with Gasteiger partial charge in [0, 0.05) is 40.8 Å². The van der Waals surface area contributed by atoms with E-state index in [2.05, 4.69) is 6.92 Å². The minimum atomic E-state index is -0.833. The molecule has 0 aromatic rings. The fourth-order valence-corrected chi connectivity index (χ4v) is 1.60. The Morgan fingerprint density at radius 2 is 1.11 bits per heavy atom. The maximum atomic E-state index is 9.00. The Balaban J connectivity index is -0.000000392. The molecule has 0 aromatic carbocycles. The topological polar surface area (TPSA) is 57.5 Å². The van der Waals surface area contributed by atoms with E-state index in [1.165, 1.54) is 57.8 Å². The van der Waals surface area contributed by atoms with E-state index in [9.17, 15) is 0 Å². The average Bonchev–Trinajstić information content (AvgIpc) is 2.26. The normalized spacial score (nSPS) is 9.06. The van der Waals surface area contributed by atoms with E-state index < -0.39 is 5.97 Å². The first kappa shape index (κ1) is 23.4. The molecule has 1 radical (unpaired) electrons. The molecule has 0 spiro atoms. The van der Waals surface area contributed by atoms with Gasteiger partial charge in [0.15, 0.2) is 0 Å². The summed E-state index contributed by atoms with van der Waals surface area (Å²) in [7, 11) is 0. The molecule has 0 heterocycles. The summed E-state index contributed by atoms with van der Waals surface area (Å²) in [5, 5.41) is 16.0. The Labute approximate surface area is 133 Å². The molecular formula is C14H30O3Tl. The Morgan fingerprint density at radius 1 is 0.833 bits per heavy atom. The van der Waals surface area contributed by atoms with Gasteiger partial charge in [-0.15, -0.1) is 0 Å². The predicted octanol–water partition coefficient (Wildman–Crippen LogP) is 3.61. The van der Waals surface area contributed by atoms with Gasteiger partial charge in [-0.05, 0) is 6.42 Å². The van der Waals surface area contributed by atoms with E-state index >= 15 is 0 Å². The van der Waals surface area contributed by atoms with Crippen molar-refractivity contribution >= 4 is 33.3 Å². The van der Waals surface area contributed by atoms with Crippen molar-refractivity contribution in [2.24, 2.45) is 0 Å². The number of unbranched alkanes of at least 4 members (excludes halogenated alkanes) is 9. The second kappa shape index (κ2) is 22.5. The minimum Gasteiger partial charge on any atom is -0.481 e. The second-order valence-corrected chi connectivity index (χ2v) is 4.42. The molecule has 0 bridgehead atoms. The molecule has 18 heavy (non-hydrogen) atoms. The van der Waals surface area contributed by atoms with Crippen LogP contribution in [0.1, 0.15) is 78.1 Å². The molecule has 107 valence electrons. The van der Waals surface area contributed by atoms with Crippen LogP contribution in [0, 0.1) is 0 Å². The third-order valence-electron chi connectivity index (χ3n) is 2.51. The van der Waals surface area contributed by atoms with Crippen LogP contribution in [-0.4, -0.2) is 50.1 Å². The molecule has 0 rings (SSSR count). The third kappa shape index (κ3) is 36.0. The summed E-state index contributed by atoms with van der Waals surface area (Å²) in [6, 6.07) is 0. The van der Waals surface area contributed by atoms with E-state index in [0.29, 0.717) is 6.61 Å². The van der Waals surface area contributed by atoms with Crippen LogP contribution in [-0.2, 0) is 4.79 Å². The number of aliphatic hydroxyl groups is 1. The Bertz CT molecular complexity index is 138. The summed E-state index contributed by atoms with van der Waals surface area (Å²) in [5.41, 5.74) is 0. The number of rotatable bonds is 10. The van der Waals surface area contributed by atoms with Crippen LogP contribution in [0.2, 0.25) is 0 Å². The van der Waals surface area contributed by atoms with E-state index in [1.54, 1.807) is 0 Å². The standard InChI is InChI=1S/C12H26O.C2H4O2.Tl/c1-2-3-4-5-6-7-8-9-10-11-12-13;1-2(3)4;/h13H,2-12H2,1H3;1H3,(H,3,4);. The molecule has 0 aliphatic rings. The first-order chi connectivity index (χ1) is 8.15. The molecule has 0 saturated heterocycles. The number of hydrogen-bond acceptors (Lipinski definition) is 2. The molecule has 2 N–H and O–H groups in total. The van der Waals surface area contributed by atoms with Gasteiger partial charge in [-0.3, -0.25) is 4.79 Å². The number of carbonyl (C=O) groups is 1.